The maximum atomic E-state index is 13.5. The van der Waals surface area contributed by atoms with Crippen molar-refractivity contribution in [2.24, 2.45) is 5.92 Å². The lowest BCUT2D eigenvalue weighted by atomic mass is 10.1. The number of halogens is 1. The van der Waals surface area contributed by atoms with Crippen molar-refractivity contribution in [3.63, 3.8) is 0 Å². The highest BCUT2D eigenvalue weighted by molar-refractivity contribution is 6.35. The summed E-state index contributed by atoms with van der Waals surface area (Å²) in [6, 6.07) is 6.53. The molecular formula is C21H22ClN9O3. The van der Waals surface area contributed by atoms with Gasteiger partial charge >= 0.3 is 6.09 Å². The number of nitrogens with zero attached hydrogens (tertiary/aromatic N) is 5. The van der Waals surface area contributed by atoms with Gasteiger partial charge in [-0.3, -0.25) is 9.36 Å². The number of hydrogen-bond donors (Lipinski definition) is 5. The first-order valence-corrected chi connectivity index (χ1v) is 10.9. The lowest BCUT2D eigenvalue weighted by molar-refractivity contribution is 0.194. The second kappa shape index (κ2) is 9.40. The first-order chi connectivity index (χ1) is 16.3. The largest absolute Gasteiger partial charge is 0.465 e. The van der Waals surface area contributed by atoms with Gasteiger partial charge in [-0.1, -0.05) is 17.7 Å². The van der Waals surface area contributed by atoms with E-state index in [0.717, 1.165) is 12.8 Å². The van der Waals surface area contributed by atoms with Crippen LogP contribution in [0.15, 0.2) is 23.0 Å². The van der Waals surface area contributed by atoms with Crippen LogP contribution in [0.4, 0.5) is 22.4 Å². The summed E-state index contributed by atoms with van der Waals surface area (Å²) in [6.45, 7) is 0.355. The number of rotatable bonds is 8. The Hall–Kier alpha value is -4.11. The van der Waals surface area contributed by atoms with Gasteiger partial charge in [0.15, 0.2) is 5.82 Å². The molecule has 1 saturated carbocycles. The van der Waals surface area contributed by atoms with Crippen molar-refractivity contribution in [1.82, 2.24) is 24.8 Å². The van der Waals surface area contributed by atoms with E-state index in [-0.39, 0.29) is 58.1 Å². The van der Waals surface area contributed by atoms with Crippen molar-refractivity contribution >= 4 is 46.2 Å². The Kier molecular flexibility index (Phi) is 6.38. The van der Waals surface area contributed by atoms with Gasteiger partial charge in [-0.25, -0.2) is 9.78 Å². The van der Waals surface area contributed by atoms with Crippen molar-refractivity contribution < 1.29 is 9.90 Å². The summed E-state index contributed by atoms with van der Waals surface area (Å²) in [6.07, 6.45) is 0.956. The molecule has 1 atom stereocenters. The molecule has 3 aromatic rings. The fourth-order valence-electron chi connectivity index (χ4n) is 3.81. The second-order valence-corrected chi connectivity index (χ2v) is 8.32. The summed E-state index contributed by atoms with van der Waals surface area (Å²) in [5.74, 6) is 0.559. The van der Waals surface area contributed by atoms with Gasteiger partial charge in [0, 0.05) is 13.1 Å². The summed E-state index contributed by atoms with van der Waals surface area (Å²) in [7, 11) is 0. The third-order valence-electron chi connectivity index (χ3n) is 5.53. The third-order valence-corrected chi connectivity index (χ3v) is 5.84. The molecular weight excluding hydrogens is 462 g/mol. The summed E-state index contributed by atoms with van der Waals surface area (Å²) in [5.41, 5.74) is 11.7. The van der Waals surface area contributed by atoms with E-state index in [9.17, 15) is 14.9 Å². The SMILES string of the molecule is N#Cc1c(N)nc(N)nc1NC(c1nc2cccc(Cl)c2c(=O)n1CCCNC(=O)O)C1CC1. The van der Waals surface area contributed by atoms with Crippen LogP contribution >= 0.6 is 11.6 Å². The summed E-state index contributed by atoms with van der Waals surface area (Å²) in [5, 5.41) is 24.5. The molecule has 1 fully saturated rings. The molecule has 1 aliphatic rings. The van der Waals surface area contributed by atoms with E-state index < -0.39 is 12.1 Å². The number of hydrogen-bond acceptors (Lipinski definition) is 9. The Morgan fingerprint density at radius 2 is 2.09 bits per heavy atom. The Bertz CT molecular complexity index is 1360. The fourth-order valence-corrected chi connectivity index (χ4v) is 4.06. The number of nitrogen functional groups attached to an aromatic ring is 2. The number of anilines is 3. The van der Waals surface area contributed by atoms with E-state index in [0.29, 0.717) is 17.8 Å². The zero-order valence-corrected chi connectivity index (χ0v) is 18.7. The van der Waals surface area contributed by atoms with Gasteiger partial charge in [0.1, 0.15) is 23.3 Å². The standard InChI is InChI=1S/C21H22ClN9O3/c22-12-3-1-4-13-14(12)19(32)31(8-2-7-26-21(33)34)18(27-13)15(10-5-6-10)28-17-11(9-23)16(24)29-20(25)30-17/h1,3-4,10,15,26H,2,5-8H2,(H,33,34)(H5,24,25,28,29,30). The predicted molar refractivity (Wildman–Crippen MR) is 126 cm³/mol. The number of carbonyl (C=O) groups is 1. The van der Waals surface area contributed by atoms with Crippen LogP contribution < -0.4 is 27.7 Å². The van der Waals surface area contributed by atoms with Crippen molar-refractivity contribution in [2.45, 2.75) is 31.8 Å². The molecule has 1 amide bonds. The van der Waals surface area contributed by atoms with E-state index in [2.05, 4.69) is 20.6 Å². The maximum Gasteiger partial charge on any atom is 0.404 e. The first-order valence-electron chi connectivity index (χ1n) is 10.6. The molecule has 34 heavy (non-hydrogen) atoms. The van der Waals surface area contributed by atoms with Gasteiger partial charge in [-0.05, 0) is 37.3 Å². The monoisotopic (exact) mass is 483 g/mol. The van der Waals surface area contributed by atoms with Crippen molar-refractivity contribution in [3.8, 4) is 6.07 Å². The van der Waals surface area contributed by atoms with E-state index in [1.165, 1.54) is 4.57 Å². The fraction of sp³-hybridized carbons (Fsp3) is 0.333. The molecule has 0 saturated heterocycles. The molecule has 0 aliphatic heterocycles. The maximum absolute atomic E-state index is 13.5. The van der Waals surface area contributed by atoms with Crippen molar-refractivity contribution in [2.75, 3.05) is 23.3 Å². The lowest BCUT2D eigenvalue weighted by Gasteiger charge is -2.24. The molecule has 4 rings (SSSR count). The molecule has 1 unspecified atom stereocenters. The highest BCUT2D eigenvalue weighted by Gasteiger charge is 2.36. The molecule has 7 N–H and O–H groups in total. The van der Waals surface area contributed by atoms with Crippen LogP contribution in [0.2, 0.25) is 5.02 Å². The average Bonchev–Trinajstić information content (AvgIpc) is 3.61. The van der Waals surface area contributed by atoms with Gasteiger partial charge in [-0.15, -0.1) is 0 Å². The van der Waals surface area contributed by atoms with E-state index in [1.807, 2.05) is 6.07 Å². The van der Waals surface area contributed by atoms with Gasteiger partial charge in [0.05, 0.1) is 22.0 Å². The Morgan fingerprint density at radius 1 is 1.32 bits per heavy atom. The minimum absolute atomic E-state index is 0.0447. The number of nitriles is 1. The highest BCUT2D eigenvalue weighted by Crippen LogP contribution is 2.43. The zero-order chi connectivity index (χ0) is 24.4. The van der Waals surface area contributed by atoms with E-state index >= 15 is 0 Å². The number of fused-ring (bicyclic) bond motifs is 1. The molecule has 12 nitrogen and oxygen atoms in total. The Morgan fingerprint density at radius 3 is 2.76 bits per heavy atom. The number of benzene rings is 1. The van der Waals surface area contributed by atoms with Crippen molar-refractivity contribution in [1.29, 1.82) is 5.26 Å². The summed E-state index contributed by atoms with van der Waals surface area (Å²) in [4.78, 5) is 37.0. The molecule has 0 spiro atoms. The number of nitrogens with one attached hydrogen (secondary N) is 2. The van der Waals surface area contributed by atoms with Gasteiger partial charge in [0.25, 0.3) is 5.56 Å². The quantitative estimate of drug-likeness (QED) is 0.295. The second-order valence-electron chi connectivity index (χ2n) is 7.91. The van der Waals surface area contributed by atoms with Gasteiger partial charge in [-0.2, -0.15) is 15.2 Å². The number of amides is 1. The van der Waals surface area contributed by atoms with Crippen LogP contribution in [0.3, 0.4) is 0 Å². The van der Waals surface area contributed by atoms with Crippen LogP contribution in [-0.2, 0) is 6.54 Å². The molecule has 2 aromatic heterocycles. The average molecular weight is 484 g/mol. The summed E-state index contributed by atoms with van der Waals surface area (Å²) >= 11 is 6.31. The molecule has 13 heteroatoms. The smallest absolute Gasteiger partial charge is 0.404 e. The molecule has 0 radical (unpaired) electrons. The lowest BCUT2D eigenvalue weighted by Crippen LogP contribution is -2.32. The zero-order valence-electron chi connectivity index (χ0n) is 18.0. The molecule has 1 aliphatic carbocycles. The van der Waals surface area contributed by atoms with E-state index in [1.54, 1.807) is 18.2 Å². The van der Waals surface area contributed by atoms with Crippen molar-refractivity contribution in [3.05, 3.63) is 45.0 Å². The van der Waals surface area contributed by atoms with Crippen LogP contribution in [0.5, 0.6) is 0 Å². The molecule has 1 aromatic carbocycles. The van der Waals surface area contributed by atoms with Crippen LogP contribution in [-0.4, -0.2) is 37.3 Å². The van der Waals surface area contributed by atoms with Gasteiger partial charge in [0.2, 0.25) is 5.95 Å². The molecule has 176 valence electrons. The van der Waals surface area contributed by atoms with E-state index in [4.69, 9.17) is 33.2 Å². The Balaban J connectivity index is 1.82. The van der Waals surface area contributed by atoms with Crippen LogP contribution in [0, 0.1) is 17.2 Å². The highest BCUT2D eigenvalue weighted by atomic mass is 35.5. The Labute approximate surface area is 198 Å². The van der Waals surface area contributed by atoms with Crippen LogP contribution in [0.1, 0.15) is 36.7 Å². The minimum Gasteiger partial charge on any atom is -0.465 e. The first kappa shape index (κ1) is 23.1. The van der Waals surface area contributed by atoms with Gasteiger partial charge < -0.3 is 27.2 Å². The molecule has 0 bridgehead atoms. The topological polar surface area (TPSA) is 198 Å². The normalized spacial score (nSPS) is 13.9. The number of nitrogens with two attached hydrogens (primary N) is 2. The number of carboxylic acid groups (broad SMARTS) is 1. The predicted octanol–water partition coefficient (Wildman–Crippen LogP) is 2.10. The minimum atomic E-state index is -1.15. The third kappa shape index (κ3) is 4.65. The molecule has 2 heterocycles. The number of aromatic nitrogens is 4. The van der Waals surface area contributed by atoms with Crippen LogP contribution in [0.25, 0.3) is 10.9 Å². The summed E-state index contributed by atoms with van der Waals surface area (Å²) < 4.78 is 1.49.